The second kappa shape index (κ2) is 6.27. The fraction of sp³-hybridized carbons (Fsp3) is 0.588. The zero-order chi connectivity index (χ0) is 14.8. The maximum absolute atomic E-state index is 12.4. The maximum Gasteiger partial charge on any atom is 0.261 e. The highest BCUT2D eigenvalue weighted by Crippen LogP contribution is 2.44. The summed E-state index contributed by atoms with van der Waals surface area (Å²) in [6.07, 6.45) is 5.19. The van der Waals surface area contributed by atoms with Crippen molar-refractivity contribution in [1.82, 2.24) is 5.32 Å². The van der Waals surface area contributed by atoms with Gasteiger partial charge in [0, 0.05) is 6.04 Å². The third kappa shape index (κ3) is 3.18. The maximum atomic E-state index is 12.4. The molecule has 0 aromatic heterocycles. The first kappa shape index (κ1) is 14.7. The average molecular weight is 308 g/mol. The van der Waals surface area contributed by atoms with Crippen LogP contribution in [0.15, 0.2) is 24.3 Å². The van der Waals surface area contributed by atoms with E-state index in [0.717, 1.165) is 12.3 Å². The molecule has 2 aliphatic carbocycles. The largest absolute Gasteiger partial charge is 0.479 e. The number of para-hydroxylation sites is 1. The van der Waals surface area contributed by atoms with Gasteiger partial charge >= 0.3 is 0 Å². The van der Waals surface area contributed by atoms with Crippen molar-refractivity contribution in [1.29, 1.82) is 0 Å². The molecule has 21 heavy (non-hydrogen) atoms. The number of amides is 1. The van der Waals surface area contributed by atoms with Crippen molar-refractivity contribution in [3.8, 4) is 5.75 Å². The number of halogens is 1. The molecular formula is C17H22ClNO2. The molecule has 4 atom stereocenters. The molecule has 2 fully saturated rings. The predicted octanol–water partition coefficient (Wildman–Crippen LogP) is 3.80. The first-order chi connectivity index (χ1) is 10.2. The van der Waals surface area contributed by atoms with Gasteiger partial charge in [-0.2, -0.15) is 0 Å². The molecule has 2 bridgehead atoms. The smallest absolute Gasteiger partial charge is 0.261 e. The van der Waals surface area contributed by atoms with Gasteiger partial charge in [0.1, 0.15) is 5.75 Å². The van der Waals surface area contributed by atoms with Crippen molar-refractivity contribution in [3.05, 3.63) is 29.3 Å². The van der Waals surface area contributed by atoms with Gasteiger partial charge in [0.15, 0.2) is 6.10 Å². The van der Waals surface area contributed by atoms with E-state index in [-0.39, 0.29) is 5.91 Å². The third-order valence-electron chi connectivity index (χ3n) is 4.83. The highest BCUT2D eigenvalue weighted by molar-refractivity contribution is 6.32. The van der Waals surface area contributed by atoms with Crippen LogP contribution in [-0.4, -0.2) is 18.1 Å². The van der Waals surface area contributed by atoms with E-state index in [9.17, 15) is 4.79 Å². The summed E-state index contributed by atoms with van der Waals surface area (Å²) in [6.45, 7) is 1.96. The molecule has 3 rings (SSSR count). The van der Waals surface area contributed by atoms with Crippen molar-refractivity contribution in [2.24, 2.45) is 11.8 Å². The average Bonchev–Trinajstić information content (AvgIpc) is 3.09. The number of fused-ring (bicyclic) bond motifs is 2. The molecule has 0 spiro atoms. The number of hydrogen-bond donors (Lipinski definition) is 1. The fourth-order valence-corrected chi connectivity index (χ4v) is 3.89. The van der Waals surface area contributed by atoms with E-state index in [1.165, 1.54) is 19.3 Å². The number of carbonyl (C=O) groups excluding carboxylic acids is 1. The first-order valence-electron chi connectivity index (χ1n) is 7.89. The van der Waals surface area contributed by atoms with Gasteiger partial charge in [-0.05, 0) is 49.7 Å². The molecule has 3 nitrogen and oxygen atoms in total. The molecule has 2 aliphatic rings. The van der Waals surface area contributed by atoms with Gasteiger partial charge in [-0.25, -0.2) is 0 Å². The topological polar surface area (TPSA) is 38.3 Å². The Labute approximate surface area is 131 Å². The van der Waals surface area contributed by atoms with Crippen LogP contribution in [0.3, 0.4) is 0 Å². The van der Waals surface area contributed by atoms with Crippen LogP contribution in [0.25, 0.3) is 0 Å². The molecule has 0 aliphatic heterocycles. The molecule has 0 radical (unpaired) electrons. The number of hydrogen-bond acceptors (Lipinski definition) is 2. The lowest BCUT2D eigenvalue weighted by atomic mass is 9.95. The number of rotatable bonds is 5. The molecule has 4 heteroatoms. The molecule has 0 unspecified atom stereocenters. The lowest BCUT2D eigenvalue weighted by molar-refractivity contribution is -0.129. The van der Waals surface area contributed by atoms with Crippen molar-refractivity contribution in [3.63, 3.8) is 0 Å². The molecule has 114 valence electrons. The summed E-state index contributed by atoms with van der Waals surface area (Å²) in [6, 6.07) is 7.64. The van der Waals surface area contributed by atoms with Gasteiger partial charge < -0.3 is 10.1 Å². The predicted molar refractivity (Wildman–Crippen MR) is 83.5 cm³/mol. The summed E-state index contributed by atoms with van der Waals surface area (Å²) in [5, 5.41) is 3.74. The summed E-state index contributed by atoms with van der Waals surface area (Å²) < 4.78 is 5.80. The lowest BCUT2D eigenvalue weighted by Gasteiger charge is -2.25. The van der Waals surface area contributed by atoms with Crippen molar-refractivity contribution in [2.45, 2.75) is 51.2 Å². The van der Waals surface area contributed by atoms with E-state index in [1.54, 1.807) is 12.1 Å². The Balaban J connectivity index is 1.60. The number of ether oxygens (including phenoxy) is 1. The van der Waals surface area contributed by atoms with Crippen LogP contribution < -0.4 is 10.1 Å². The minimum atomic E-state index is -0.468. The molecule has 1 amide bonds. The van der Waals surface area contributed by atoms with Crippen LogP contribution in [0, 0.1) is 11.8 Å². The normalized spacial score (nSPS) is 28.4. The summed E-state index contributed by atoms with van der Waals surface area (Å²) in [4.78, 5) is 12.4. The molecule has 1 N–H and O–H groups in total. The minimum absolute atomic E-state index is 0.00466. The van der Waals surface area contributed by atoms with Gasteiger partial charge in [0.25, 0.3) is 5.91 Å². The van der Waals surface area contributed by atoms with Gasteiger partial charge in [0.05, 0.1) is 5.02 Å². The number of carbonyl (C=O) groups is 1. The van der Waals surface area contributed by atoms with Crippen molar-refractivity contribution < 1.29 is 9.53 Å². The molecule has 1 aromatic rings. The van der Waals surface area contributed by atoms with Crippen LogP contribution >= 0.6 is 11.6 Å². The zero-order valence-corrected chi connectivity index (χ0v) is 13.1. The number of benzene rings is 1. The van der Waals surface area contributed by atoms with E-state index >= 15 is 0 Å². The van der Waals surface area contributed by atoms with E-state index in [0.29, 0.717) is 29.2 Å². The van der Waals surface area contributed by atoms with E-state index in [2.05, 4.69) is 5.32 Å². The van der Waals surface area contributed by atoms with Crippen LogP contribution in [-0.2, 0) is 4.79 Å². The van der Waals surface area contributed by atoms with Crippen LogP contribution in [0.1, 0.15) is 39.0 Å². The summed E-state index contributed by atoms with van der Waals surface area (Å²) in [5.41, 5.74) is 0. The second-order valence-electron chi connectivity index (χ2n) is 6.24. The van der Waals surface area contributed by atoms with Crippen molar-refractivity contribution >= 4 is 17.5 Å². The Morgan fingerprint density at radius 1 is 1.38 bits per heavy atom. The summed E-state index contributed by atoms with van der Waals surface area (Å²) >= 11 is 6.09. The molecule has 0 heterocycles. The standard InChI is InChI=1S/C17H22ClNO2/c1-2-15(21-16-6-4-3-5-13(16)18)17(20)19-14-10-11-7-8-12(14)9-11/h3-6,11-12,14-15H,2,7-10H2,1H3,(H,19,20)/t11-,12-,14+,15-/m1/s1. The Kier molecular flexibility index (Phi) is 4.39. The lowest BCUT2D eigenvalue weighted by Crippen LogP contribution is -2.45. The fourth-order valence-electron chi connectivity index (χ4n) is 3.71. The van der Waals surface area contributed by atoms with Crippen LogP contribution in [0.2, 0.25) is 5.02 Å². The third-order valence-corrected chi connectivity index (χ3v) is 5.15. The quantitative estimate of drug-likeness (QED) is 0.898. The minimum Gasteiger partial charge on any atom is -0.479 e. The molecular weight excluding hydrogens is 286 g/mol. The van der Waals surface area contributed by atoms with Gasteiger partial charge in [-0.3, -0.25) is 4.79 Å². The van der Waals surface area contributed by atoms with Crippen molar-refractivity contribution in [2.75, 3.05) is 0 Å². The number of nitrogens with one attached hydrogen (secondary N) is 1. The van der Waals surface area contributed by atoms with Gasteiger partial charge in [0.2, 0.25) is 0 Å². The van der Waals surface area contributed by atoms with Crippen LogP contribution in [0.4, 0.5) is 0 Å². The van der Waals surface area contributed by atoms with Gasteiger partial charge in [-0.1, -0.05) is 37.1 Å². The van der Waals surface area contributed by atoms with Crippen LogP contribution in [0.5, 0.6) is 5.75 Å². The Hall–Kier alpha value is -1.22. The Morgan fingerprint density at radius 3 is 2.81 bits per heavy atom. The molecule has 2 saturated carbocycles. The van der Waals surface area contributed by atoms with Gasteiger partial charge in [-0.15, -0.1) is 0 Å². The highest BCUT2D eigenvalue weighted by Gasteiger charge is 2.40. The van der Waals surface area contributed by atoms with E-state index < -0.39 is 6.10 Å². The summed E-state index contributed by atoms with van der Waals surface area (Å²) in [5.74, 6) is 2.07. The highest BCUT2D eigenvalue weighted by atomic mass is 35.5. The Morgan fingerprint density at radius 2 is 2.19 bits per heavy atom. The second-order valence-corrected chi connectivity index (χ2v) is 6.64. The first-order valence-corrected chi connectivity index (χ1v) is 8.26. The van der Waals surface area contributed by atoms with E-state index in [4.69, 9.17) is 16.3 Å². The SMILES string of the molecule is CC[C@@H](Oc1ccccc1Cl)C(=O)N[C@H]1C[C@@H]2CC[C@@H]1C2. The monoisotopic (exact) mass is 307 g/mol. The summed E-state index contributed by atoms with van der Waals surface area (Å²) in [7, 11) is 0. The molecule has 0 saturated heterocycles. The molecule has 1 aromatic carbocycles. The zero-order valence-electron chi connectivity index (χ0n) is 12.3. The Bertz CT molecular complexity index is 519. The van der Waals surface area contributed by atoms with E-state index in [1.807, 2.05) is 19.1 Å².